The van der Waals surface area contributed by atoms with Crippen LogP contribution in [-0.4, -0.2) is 15.7 Å². The molecule has 0 aliphatic carbocycles. The molecule has 21 heavy (non-hydrogen) atoms. The summed E-state index contributed by atoms with van der Waals surface area (Å²) >= 11 is 0. The summed E-state index contributed by atoms with van der Waals surface area (Å²) in [7, 11) is 0. The maximum Gasteiger partial charge on any atom is 0.249 e. The van der Waals surface area contributed by atoms with Gasteiger partial charge < -0.3 is 4.74 Å². The normalized spacial score (nSPS) is 10.3. The van der Waals surface area contributed by atoms with E-state index in [-0.39, 0.29) is 22.9 Å². The lowest BCUT2D eigenvalue weighted by atomic mass is 10.2. The first kappa shape index (κ1) is 12.8. The van der Waals surface area contributed by atoms with E-state index >= 15 is 0 Å². The van der Waals surface area contributed by atoms with Gasteiger partial charge in [-0.3, -0.25) is 9.20 Å². The van der Waals surface area contributed by atoms with Crippen molar-refractivity contribution in [2.24, 2.45) is 0 Å². The third-order valence-electron chi connectivity index (χ3n) is 2.94. The summed E-state index contributed by atoms with van der Waals surface area (Å²) in [5.74, 6) is -0.645. The van der Waals surface area contributed by atoms with Gasteiger partial charge in [-0.25, -0.2) is 4.39 Å². The van der Waals surface area contributed by atoms with Gasteiger partial charge in [-0.1, -0.05) is 12.1 Å². The predicted octanol–water partition coefficient (Wildman–Crippen LogP) is 2.95. The van der Waals surface area contributed by atoms with Gasteiger partial charge in [0.15, 0.2) is 12.0 Å². The van der Waals surface area contributed by atoms with E-state index in [1.54, 1.807) is 34.9 Å². The van der Waals surface area contributed by atoms with Crippen LogP contribution in [0.15, 0.2) is 42.6 Å². The van der Waals surface area contributed by atoms with Crippen molar-refractivity contribution in [3.63, 3.8) is 0 Å². The molecular weight excluding hydrogens is 273 g/mol. The lowest BCUT2D eigenvalue weighted by Crippen LogP contribution is -1.95. The predicted molar refractivity (Wildman–Crippen MR) is 71.8 cm³/mol. The zero-order valence-electron chi connectivity index (χ0n) is 10.7. The van der Waals surface area contributed by atoms with Crippen molar-refractivity contribution in [3.05, 3.63) is 59.7 Å². The molecule has 0 aliphatic rings. The molecule has 6 heteroatoms. The fourth-order valence-electron chi connectivity index (χ4n) is 1.98. The Bertz CT molecular complexity index is 880. The van der Waals surface area contributed by atoms with Crippen LogP contribution < -0.4 is 4.74 Å². The Balaban J connectivity index is 2.13. The third kappa shape index (κ3) is 2.11. The minimum absolute atomic E-state index is 0.0176. The lowest BCUT2D eigenvalue weighted by Gasteiger charge is -2.05. The number of hydrogen-bond donors (Lipinski definition) is 0. The first-order valence-electron chi connectivity index (χ1n) is 6.03. The van der Waals surface area contributed by atoms with Crippen molar-refractivity contribution in [1.82, 2.24) is 9.38 Å². The number of carbonyl (C=O) groups excluding carboxylic acids is 1. The second-order valence-electron chi connectivity index (χ2n) is 4.18. The van der Waals surface area contributed by atoms with Crippen molar-refractivity contribution in [3.8, 4) is 17.7 Å². The number of halogens is 1. The molecule has 0 saturated heterocycles. The van der Waals surface area contributed by atoms with Gasteiger partial charge in [0.2, 0.25) is 5.88 Å². The standard InChI is InChI=1S/C15H8FN3O2/c16-11-4-3-5-13(10(11)8-17)21-15-12(9-20)19-7-2-1-6-14(19)18-15/h1-7,9H. The molecule has 0 atom stereocenters. The van der Waals surface area contributed by atoms with E-state index in [4.69, 9.17) is 10.00 Å². The summed E-state index contributed by atoms with van der Waals surface area (Å²) in [6.07, 6.45) is 2.26. The van der Waals surface area contributed by atoms with Crippen molar-refractivity contribution >= 4 is 11.9 Å². The summed E-state index contributed by atoms with van der Waals surface area (Å²) in [6, 6.07) is 11.0. The average Bonchev–Trinajstić information content (AvgIpc) is 2.84. The zero-order valence-corrected chi connectivity index (χ0v) is 10.7. The van der Waals surface area contributed by atoms with Gasteiger partial charge in [-0.15, -0.1) is 0 Å². The molecule has 102 valence electrons. The maximum atomic E-state index is 13.5. The quantitative estimate of drug-likeness (QED) is 0.692. The highest BCUT2D eigenvalue weighted by molar-refractivity contribution is 5.78. The Hall–Kier alpha value is -3.20. The van der Waals surface area contributed by atoms with Crippen LogP contribution in [-0.2, 0) is 0 Å². The van der Waals surface area contributed by atoms with Gasteiger partial charge in [0.1, 0.15) is 28.8 Å². The molecule has 3 aromatic rings. The van der Waals surface area contributed by atoms with E-state index in [2.05, 4.69) is 4.98 Å². The minimum atomic E-state index is -0.689. The molecule has 0 amide bonds. The molecule has 2 heterocycles. The number of fused-ring (bicyclic) bond motifs is 1. The van der Waals surface area contributed by atoms with Crippen LogP contribution in [0.25, 0.3) is 5.65 Å². The smallest absolute Gasteiger partial charge is 0.249 e. The molecule has 0 spiro atoms. The van der Waals surface area contributed by atoms with Crippen molar-refractivity contribution in [1.29, 1.82) is 5.26 Å². The largest absolute Gasteiger partial charge is 0.435 e. The van der Waals surface area contributed by atoms with Gasteiger partial charge in [0.05, 0.1) is 0 Å². The Kier molecular flexibility index (Phi) is 3.09. The molecule has 3 rings (SSSR count). The summed E-state index contributed by atoms with van der Waals surface area (Å²) in [6.45, 7) is 0. The van der Waals surface area contributed by atoms with Crippen molar-refractivity contribution in [2.75, 3.05) is 0 Å². The molecule has 0 aliphatic heterocycles. The van der Waals surface area contributed by atoms with E-state index < -0.39 is 5.82 Å². The Morgan fingerprint density at radius 1 is 1.29 bits per heavy atom. The number of rotatable bonds is 3. The van der Waals surface area contributed by atoms with Gasteiger partial charge >= 0.3 is 0 Å². The fourth-order valence-corrected chi connectivity index (χ4v) is 1.98. The second-order valence-corrected chi connectivity index (χ2v) is 4.18. The number of hydrogen-bond acceptors (Lipinski definition) is 4. The number of aromatic nitrogens is 2. The summed E-state index contributed by atoms with van der Waals surface area (Å²) < 4.78 is 20.6. The number of nitrogens with zero attached hydrogens (tertiary/aromatic N) is 3. The first-order valence-corrected chi connectivity index (χ1v) is 6.03. The Labute approximate surface area is 118 Å². The van der Waals surface area contributed by atoms with Crippen LogP contribution in [0, 0.1) is 17.1 Å². The zero-order chi connectivity index (χ0) is 14.8. The van der Waals surface area contributed by atoms with Crippen molar-refractivity contribution < 1.29 is 13.9 Å². The van der Waals surface area contributed by atoms with Crippen LogP contribution >= 0.6 is 0 Å². The lowest BCUT2D eigenvalue weighted by molar-refractivity contribution is 0.111. The number of ether oxygens (including phenoxy) is 1. The number of carbonyl (C=O) groups is 1. The number of pyridine rings is 1. The molecule has 5 nitrogen and oxygen atoms in total. The number of imidazole rings is 1. The molecule has 0 fully saturated rings. The Morgan fingerprint density at radius 2 is 2.14 bits per heavy atom. The number of aldehydes is 1. The highest BCUT2D eigenvalue weighted by atomic mass is 19.1. The van der Waals surface area contributed by atoms with Crippen LogP contribution in [0.3, 0.4) is 0 Å². The summed E-state index contributed by atoms with van der Waals surface area (Å²) in [5, 5.41) is 8.98. The monoisotopic (exact) mass is 281 g/mol. The van der Waals surface area contributed by atoms with E-state index in [1.165, 1.54) is 12.1 Å². The second kappa shape index (κ2) is 5.06. The highest BCUT2D eigenvalue weighted by Gasteiger charge is 2.16. The van der Waals surface area contributed by atoms with Gasteiger partial charge in [-0.05, 0) is 24.3 Å². The molecule has 0 saturated carbocycles. The van der Waals surface area contributed by atoms with E-state index in [0.717, 1.165) is 6.07 Å². The van der Waals surface area contributed by atoms with Gasteiger partial charge in [0.25, 0.3) is 0 Å². The van der Waals surface area contributed by atoms with Gasteiger partial charge in [0, 0.05) is 6.20 Å². The van der Waals surface area contributed by atoms with Gasteiger partial charge in [-0.2, -0.15) is 10.2 Å². The SMILES string of the molecule is N#Cc1c(F)cccc1Oc1nc2ccccn2c1C=O. The van der Waals surface area contributed by atoms with E-state index in [9.17, 15) is 9.18 Å². The number of nitriles is 1. The molecule has 0 N–H and O–H groups in total. The fraction of sp³-hybridized carbons (Fsp3) is 0. The topological polar surface area (TPSA) is 67.4 Å². The molecule has 0 radical (unpaired) electrons. The van der Waals surface area contributed by atoms with Crippen LogP contribution in [0.4, 0.5) is 4.39 Å². The third-order valence-corrected chi connectivity index (χ3v) is 2.94. The average molecular weight is 281 g/mol. The van der Waals surface area contributed by atoms with Crippen LogP contribution in [0.5, 0.6) is 11.6 Å². The number of benzene rings is 1. The molecule has 0 unspecified atom stereocenters. The maximum absolute atomic E-state index is 13.5. The van der Waals surface area contributed by atoms with E-state index in [0.29, 0.717) is 11.9 Å². The first-order chi connectivity index (χ1) is 10.2. The Morgan fingerprint density at radius 3 is 2.90 bits per heavy atom. The van der Waals surface area contributed by atoms with E-state index in [1.807, 2.05) is 0 Å². The van der Waals surface area contributed by atoms with Crippen LogP contribution in [0.2, 0.25) is 0 Å². The summed E-state index contributed by atoms with van der Waals surface area (Å²) in [5.41, 5.74) is 0.481. The molecule has 1 aromatic carbocycles. The highest BCUT2D eigenvalue weighted by Crippen LogP contribution is 2.28. The van der Waals surface area contributed by atoms with Crippen LogP contribution in [0.1, 0.15) is 16.1 Å². The molecular formula is C15H8FN3O2. The summed E-state index contributed by atoms with van der Waals surface area (Å²) in [4.78, 5) is 15.4. The van der Waals surface area contributed by atoms with Crippen molar-refractivity contribution in [2.45, 2.75) is 0 Å². The minimum Gasteiger partial charge on any atom is -0.435 e. The molecule has 0 bridgehead atoms. The molecule has 2 aromatic heterocycles.